The highest BCUT2D eigenvalue weighted by atomic mass is 79.9. The second kappa shape index (κ2) is 4.65. The van der Waals surface area contributed by atoms with Crippen molar-refractivity contribution in [2.75, 3.05) is 0 Å². The highest BCUT2D eigenvalue weighted by molar-refractivity contribution is 9.13. The molecule has 17 heavy (non-hydrogen) atoms. The number of rotatable bonds is 0. The molecule has 1 heterocycles. The predicted molar refractivity (Wildman–Crippen MR) is 81.3 cm³/mol. The average Bonchev–Trinajstić information content (AvgIpc) is 2.34. The minimum atomic E-state index is 1.13. The van der Waals surface area contributed by atoms with Gasteiger partial charge in [-0.15, -0.1) is 0 Å². The Labute approximate surface area is 126 Å². The molecule has 0 unspecified atom stereocenters. The maximum Gasteiger partial charge on any atom is 0.0358 e. The van der Waals surface area contributed by atoms with E-state index in [2.05, 4.69) is 69.1 Å². The SMILES string of the molecule is Cc1c(Br)c(Br)cc2c1Sc1ccccc1S2. The molecule has 86 valence electrons. The van der Waals surface area contributed by atoms with E-state index in [1.54, 1.807) is 0 Å². The lowest BCUT2D eigenvalue weighted by atomic mass is 10.2. The summed E-state index contributed by atoms with van der Waals surface area (Å²) in [5.74, 6) is 0. The molecule has 0 spiro atoms. The molecule has 0 radical (unpaired) electrons. The topological polar surface area (TPSA) is 0 Å². The van der Waals surface area contributed by atoms with E-state index < -0.39 is 0 Å². The van der Waals surface area contributed by atoms with Gasteiger partial charge in [0.15, 0.2) is 0 Å². The van der Waals surface area contributed by atoms with Crippen molar-refractivity contribution < 1.29 is 0 Å². The van der Waals surface area contributed by atoms with Crippen LogP contribution in [0.3, 0.4) is 0 Å². The molecule has 0 aliphatic carbocycles. The molecule has 2 aromatic carbocycles. The van der Waals surface area contributed by atoms with Gasteiger partial charge in [-0.3, -0.25) is 0 Å². The summed E-state index contributed by atoms with van der Waals surface area (Å²) in [7, 11) is 0. The molecular formula is C13H8Br2S2. The number of hydrogen-bond acceptors (Lipinski definition) is 2. The van der Waals surface area contributed by atoms with Gasteiger partial charge in [0, 0.05) is 28.5 Å². The quantitative estimate of drug-likeness (QED) is 0.454. The Balaban J connectivity index is 2.18. The standard InChI is InChI=1S/C13H8Br2S2/c1-7-12(15)8(14)6-11-13(7)17-10-5-3-2-4-9(10)16-11/h2-6H,1H3. The third kappa shape index (κ3) is 2.09. The minimum absolute atomic E-state index is 1.13. The van der Waals surface area contributed by atoms with Crippen LogP contribution in [0.25, 0.3) is 0 Å². The van der Waals surface area contributed by atoms with Crippen LogP contribution in [0.5, 0.6) is 0 Å². The molecule has 0 saturated heterocycles. The molecule has 1 aliphatic rings. The van der Waals surface area contributed by atoms with E-state index in [1.807, 2.05) is 23.5 Å². The summed E-state index contributed by atoms with van der Waals surface area (Å²) < 4.78 is 2.28. The number of fused-ring (bicyclic) bond motifs is 2. The van der Waals surface area contributed by atoms with E-state index in [0.717, 1.165) is 8.95 Å². The second-order valence-corrected chi connectivity index (χ2v) is 7.56. The molecule has 0 nitrogen and oxygen atoms in total. The smallest absolute Gasteiger partial charge is 0.0358 e. The zero-order valence-electron chi connectivity index (χ0n) is 8.96. The third-order valence-electron chi connectivity index (χ3n) is 2.64. The van der Waals surface area contributed by atoms with Crippen LogP contribution in [0.15, 0.2) is 58.9 Å². The van der Waals surface area contributed by atoms with Crippen LogP contribution in [-0.4, -0.2) is 0 Å². The fourth-order valence-corrected chi connectivity index (χ4v) is 5.30. The van der Waals surface area contributed by atoms with Crippen LogP contribution >= 0.6 is 55.4 Å². The molecule has 0 bridgehead atoms. The lowest BCUT2D eigenvalue weighted by molar-refractivity contribution is 1.10. The van der Waals surface area contributed by atoms with Crippen molar-refractivity contribution >= 4 is 55.4 Å². The number of benzene rings is 2. The number of hydrogen-bond donors (Lipinski definition) is 0. The summed E-state index contributed by atoms with van der Waals surface area (Å²) in [6.07, 6.45) is 0. The molecule has 3 rings (SSSR count). The van der Waals surface area contributed by atoms with Gasteiger partial charge in [-0.1, -0.05) is 35.7 Å². The fraction of sp³-hybridized carbons (Fsp3) is 0.0769. The van der Waals surface area contributed by atoms with Crippen LogP contribution < -0.4 is 0 Å². The molecule has 0 fully saturated rings. The Morgan fingerprint density at radius 3 is 2.29 bits per heavy atom. The molecule has 0 saturated carbocycles. The Hall–Kier alpha value is 0.1000. The van der Waals surface area contributed by atoms with Crippen molar-refractivity contribution in [2.24, 2.45) is 0 Å². The van der Waals surface area contributed by atoms with Gasteiger partial charge in [0.2, 0.25) is 0 Å². The first-order chi connectivity index (χ1) is 8.16. The van der Waals surface area contributed by atoms with Crippen molar-refractivity contribution in [3.05, 3.63) is 44.8 Å². The zero-order chi connectivity index (χ0) is 12.0. The van der Waals surface area contributed by atoms with Crippen LogP contribution in [0.4, 0.5) is 0 Å². The van der Waals surface area contributed by atoms with Gasteiger partial charge in [0.05, 0.1) is 0 Å². The molecule has 4 heteroatoms. The highest BCUT2D eigenvalue weighted by Gasteiger charge is 2.20. The van der Waals surface area contributed by atoms with Gasteiger partial charge in [0.1, 0.15) is 0 Å². The van der Waals surface area contributed by atoms with Crippen molar-refractivity contribution in [1.29, 1.82) is 0 Å². The van der Waals surface area contributed by atoms with Gasteiger partial charge >= 0.3 is 0 Å². The summed E-state index contributed by atoms with van der Waals surface area (Å²) in [6.45, 7) is 2.16. The van der Waals surface area contributed by atoms with Crippen LogP contribution in [0.2, 0.25) is 0 Å². The minimum Gasteiger partial charge on any atom is -0.0877 e. The molecule has 0 amide bonds. The van der Waals surface area contributed by atoms with E-state index in [-0.39, 0.29) is 0 Å². The van der Waals surface area contributed by atoms with Crippen molar-refractivity contribution in [3.63, 3.8) is 0 Å². The van der Waals surface area contributed by atoms with E-state index in [4.69, 9.17) is 0 Å². The summed E-state index contributed by atoms with van der Waals surface area (Å²) in [4.78, 5) is 5.39. The maximum absolute atomic E-state index is 3.63. The summed E-state index contributed by atoms with van der Waals surface area (Å²) in [5, 5.41) is 0. The van der Waals surface area contributed by atoms with Crippen LogP contribution in [-0.2, 0) is 0 Å². The van der Waals surface area contributed by atoms with Crippen molar-refractivity contribution in [1.82, 2.24) is 0 Å². The van der Waals surface area contributed by atoms with Crippen molar-refractivity contribution in [3.8, 4) is 0 Å². The van der Waals surface area contributed by atoms with Gasteiger partial charge < -0.3 is 0 Å². The first-order valence-corrected chi connectivity index (χ1v) is 8.32. The Kier molecular flexibility index (Phi) is 3.32. The van der Waals surface area contributed by atoms with Crippen LogP contribution in [0, 0.1) is 6.92 Å². The first-order valence-electron chi connectivity index (χ1n) is 5.10. The Morgan fingerprint density at radius 1 is 0.941 bits per heavy atom. The Morgan fingerprint density at radius 2 is 1.59 bits per heavy atom. The molecule has 2 aromatic rings. The molecule has 0 N–H and O–H groups in total. The fourth-order valence-electron chi connectivity index (χ4n) is 1.76. The summed E-state index contributed by atoms with van der Waals surface area (Å²) in [5.41, 5.74) is 1.31. The lowest BCUT2D eigenvalue weighted by Gasteiger charge is -2.21. The van der Waals surface area contributed by atoms with E-state index in [1.165, 1.54) is 25.1 Å². The van der Waals surface area contributed by atoms with Gasteiger partial charge in [0.25, 0.3) is 0 Å². The second-order valence-electron chi connectivity index (χ2n) is 3.78. The zero-order valence-corrected chi connectivity index (χ0v) is 13.8. The molecule has 1 aliphatic heterocycles. The lowest BCUT2D eigenvalue weighted by Crippen LogP contribution is -1.93. The van der Waals surface area contributed by atoms with Gasteiger partial charge in [-0.25, -0.2) is 0 Å². The normalized spacial score (nSPS) is 13.1. The van der Waals surface area contributed by atoms with Crippen LogP contribution in [0.1, 0.15) is 5.56 Å². The molecular weight excluding hydrogens is 380 g/mol. The third-order valence-corrected chi connectivity index (χ3v) is 7.50. The first kappa shape index (κ1) is 12.2. The highest BCUT2D eigenvalue weighted by Crippen LogP contribution is 2.51. The van der Waals surface area contributed by atoms with Crippen molar-refractivity contribution in [2.45, 2.75) is 26.5 Å². The van der Waals surface area contributed by atoms with E-state index >= 15 is 0 Å². The average molecular weight is 388 g/mol. The largest absolute Gasteiger partial charge is 0.0877 e. The Bertz CT molecular complexity index is 609. The molecule has 0 atom stereocenters. The maximum atomic E-state index is 3.63. The van der Waals surface area contributed by atoms with E-state index in [9.17, 15) is 0 Å². The van der Waals surface area contributed by atoms with Gasteiger partial charge in [-0.05, 0) is 62.5 Å². The van der Waals surface area contributed by atoms with E-state index in [0.29, 0.717) is 0 Å². The summed E-state index contributed by atoms with van der Waals surface area (Å²) in [6, 6.07) is 10.8. The number of halogens is 2. The predicted octanol–water partition coefficient (Wildman–Crippen LogP) is 6.14. The molecule has 0 aromatic heterocycles. The van der Waals surface area contributed by atoms with Gasteiger partial charge in [-0.2, -0.15) is 0 Å². The monoisotopic (exact) mass is 386 g/mol. The summed E-state index contributed by atoms with van der Waals surface area (Å²) >= 11 is 10.9.